The Hall–Kier alpha value is -1.93. The quantitative estimate of drug-likeness (QED) is 0.782. The van der Waals surface area contributed by atoms with Gasteiger partial charge in [-0.1, -0.05) is 6.07 Å². The number of nitrogens with zero attached hydrogens (tertiary/aromatic N) is 1. The molecule has 1 aromatic rings. The Morgan fingerprint density at radius 2 is 1.95 bits per heavy atom. The monoisotopic (exact) mass is 315 g/mol. The van der Waals surface area contributed by atoms with Gasteiger partial charge in [-0.2, -0.15) is 0 Å². The molecule has 0 atom stereocenters. The lowest BCUT2D eigenvalue weighted by atomic mass is 10.1. The maximum atomic E-state index is 12.4. The van der Waals surface area contributed by atoms with E-state index in [1.165, 1.54) is 26.3 Å². The fraction of sp³-hybridized carbons (Fsp3) is 0.385. The van der Waals surface area contributed by atoms with Gasteiger partial charge < -0.3 is 9.84 Å². The predicted octanol–water partition coefficient (Wildman–Crippen LogP) is 0.877. The number of carboxylic acid groups (broad SMARTS) is 1. The molecule has 0 aliphatic rings. The summed E-state index contributed by atoms with van der Waals surface area (Å²) < 4.78 is 30.3. The van der Waals surface area contributed by atoms with Gasteiger partial charge in [-0.15, -0.1) is 0 Å². The molecular weight excluding hydrogens is 298 g/mol. The molecule has 0 bridgehead atoms. The van der Waals surface area contributed by atoms with Crippen LogP contribution in [0, 0.1) is 6.92 Å². The Labute approximate surface area is 123 Å². The van der Waals surface area contributed by atoms with E-state index in [9.17, 15) is 18.0 Å². The molecule has 0 unspecified atom stereocenters. The van der Waals surface area contributed by atoms with Crippen molar-refractivity contribution < 1.29 is 27.9 Å². The van der Waals surface area contributed by atoms with Crippen molar-refractivity contribution in [2.24, 2.45) is 0 Å². The molecule has 0 heterocycles. The molecule has 0 saturated carbocycles. The van der Waals surface area contributed by atoms with E-state index < -0.39 is 22.0 Å². The Bertz CT molecular complexity index is 653. The van der Waals surface area contributed by atoms with E-state index >= 15 is 0 Å². The van der Waals surface area contributed by atoms with Crippen LogP contribution in [0.2, 0.25) is 0 Å². The number of ether oxygens (including phenoxy) is 1. The SMILES string of the molecule is COC(=O)CCN(C)S(=O)(=O)c1cc(C(=O)O)ccc1C. The van der Waals surface area contributed by atoms with Crippen LogP contribution in [-0.4, -0.2) is 50.5 Å². The van der Waals surface area contributed by atoms with Crippen molar-refractivity contribution in [1.29, 1.82) is 0 Å². The molecule has 8 heteroatoms. The van der Waals surface area contributed by atoms with Crippen LogP contribution in [-0.2, 0) is 19.6 Å². The third-order valence-electron chi connectivity index (χ3n) is 2.98. The Morgan fingerprint density at radius 1 is 1.33 bits per heavy atom. The molecule has 0 aromatic heterocycles. The molecule has 1 N–H and O–H groups in total. The number of hydrogen-bond acceptors (Lipinski definition) is 5. The summed E-state index contributed by atoms with van der Waals surface area (Å²) in [6, 6.07) is 3.89. The number of methoxy groups -OCH3 is 1. The van der Waals surface area contributed by atoms with E-state index in [-0.39, 0.29) is 23.4 Å². The molecule has 0 spiro atoms. The van der Waals surface area contributed by atoms with Crippen molar-refractivity contribution in [2.45, 2.75) is 18.2 Å². The molecular formula is C13H17NO6S. The largest absolute Gasteiger partial charge is 0.478 e. The number of esters is 1. The number of carbonyl (C=O) groups excluding carboxylic acids is 1. The first-order chi connectivity index (χ1) is 9.70. The fourth-order valence-corrected chi connectivity index (χ4v) is 3.07. The molecule has 0 radical (unpaired) electrons. The number of benzene rings is 1. The molecule has 1 aromatic carbocycles. The van der Waals surface area contributed by atoms with Crippen LogP contribution in [0.4, 0.5) is 0 Å². The van der Waals surface area contributed by atoms with Crippen LogP contribution in [0.15, 0.2) is 23.1 Å². The molecule has 1 rings (SSSR count). The molecule has 116 valence electrons. The van der Waals surface area contributed by atoms with E-state index in [1.54, 1.807) is 6.92 Å². The average molecular weight is 315 g/mol. The maximum absolute atomic E-state index is 12.4. The van der Waals surface area contributed by atoms with Gasteiger partial charge in [0.25, 0.3) is 0 Å². The van der Waals surface area contributed by atoms with E-state index in [0.717, 1.165) is 10.4 Å². The summed E-state index contributed by atoms with van der Waals surface area (Å²) in [6.45, 7) is 1.53. The number of rotatable bonds is 6. The summed E-state index contributed by atoms with van der Waals surface area (Å²) in [5.41, 5.74) is 0.325. The summed E-state index contributed by atoms with van der Waals surface area (Å²) in [7, 11) is -1.32. The first kappa shape index (κ1) is 17.1. The van der Waals surface area contributed by atoms with Crippen molar-refractivity contribution in [2.75, 3.05) is 20.7 Å². The van der Waals surface area contributed by atoms with Crippen LogP contribution in [0.1, 0.15) is 22.3 Å². The number of sulfonamides is 1. The van der Waals surface area contributed by atoms with Crippen molar-refractivity contribution in [1.82, 2.24) is 4.31 Å². The molecule has 0 aliphatic heterocycles. The summed E-state index contributed by atoms with van der Waals surface area (Å²) in [4.78, 5) is 21.9. The van der Waals surface area contributed by atoms with Crippen LogP contribution < -0.4 is 0 Å². The Morgan fingerprint density at radius 3 is 2.48 bits per heavy atom. The zero-order valence-corrected chi connectivity index (χ0v) is 12.8. The normalized spacial score (nSPS) is 11.4. The summed E-state index contributed by atoms with van der Waals surface area (Å²) in [5, 5.41) is 8.94. The van der Waals surface area contributed by atoms with Gasteiger partial charge in [-0.25, -0.2) is 17.5 Å². The van der Waals surface area contributed by atoms with Gasteiger partial charge in [0.05, 0.1) is 24.0 Å². The van der Waals surface area contributed by atoms with Gasteiger partial charge in [-0.05, 0) is 24.6 Å². The lowest BCUT2D eigenvalue weighted by Gasteiger charge is -2.18. The third kappa shape index (κ3) is 4.02. The highest BCUT2D eigenvalue weighted by Crippen LogP contribution is 2.21. The van der Waals surface area contributed by atoms with Gasteiger partial charge in [0.15, 0.2) is 0 Å². The highest BCUT2D eigenvalue weighted by atomic mass is 32.2. The van der Waals surface area contributed by atoms with E-state index in [2.05, 4.69) is 4.74 Å². The fourth-order valence-electron chi connectivity index (χ4n) is 1.65. The summed E-state index contributed by atoms with van der Waals surface area (Å²) >= 11 is 0. The number of carbonyl (C=O) groups is 2. The Balaban J connectivity index is 3.09. The topological polar surface area (TPSA) is 101 Å². The highest BCUT2D eigenvalue weighted by molar-refractivity contribution is 7.89. The van der Waals surface area contributed by atoms with E-state index in [0.29, 0.717) is 5.56 Å². The predicted molar refractivity (Wildman–Crippen MR) is 74.6 cm³/mol. The molecule has 21 heavy (non-hydrogen) atoms. The smallest absolute Gasteiger partial charge is 0.335 e. The van der Waals surface area contributed by atoms with Crippen LogP contribution in [0.3, 0.4) is 0 Å². The third-order valence-corrected chi connectivity index (χ3v) is 4.98. The first-order valence-corrected chi connectivity index (χ1v) is 7.51. The zero-order chi connectivity index (χ0) is 16.2. The van der Waals surface area contributed by atoms with E-state index in [4.69, 9.17) is 5.11 Å². The molecule has 0 saturated heterocycles. The number of aryl methyl sites for hydroxylation is 1. The van der Waals surface area contributed by atoms with Gasteiger partial charge in [0, 0.05) is 13.6 Å². The minimum absolute atomic E-state index is 0.0499. The van der Waals surface area contributed by atoms with Gasteiger partial charge in [-0.3, -0.25) is 4.79 Å². The van der Waals surface area contributed by atoms with Crippen LogP contribution >= 0.6 is 0 Å². The van der Waals surface area contributed by atoms with Gasteiger partial charge in [0.1, 0.15) is 0 Å². The van der Waals surface area contributed by atoms with Gasteiger partial charge in [0.2, 0.25) is 10.0 Å². The van der Waals surface area contributed by atoms with E-state index in [1.807, 2.05) is 0 Å². The summed E-state index contributed by atoms with van der Waals surface area (Å²) in [5.74, 6) is -1.73. The van der Waals surface area contributed by atoms with Crippen molar-refractivity contribution in [3.05, 3.63) is 29.3 Å². The second kappa shape index (κ2) is 6.68. The van der Waals surface area contributed by atoms with Crippen LogP contribution in [0.25, 0.3) is 0 Å². The number of carboxylic acids is 1. The standard InChI is InChI=1S/C13H17NO6S/c1-9-4-5-10(13(16)17)8-11(9)21(18,19)14(2)7-6-12(15)20-3/h4-5,8H,6-7H2,1-3H3,(H,16,17). The highest BCUT2D eigenvalue weighted by Gasteiger charge is 2.24. The second-order valence-corrected chi connectivity index (χ2v) is 6.45. The lowest BCUT2D eigenvalue weighted by molar-refractivity contribution is -0.140. The van der Waals surface area contributed by atoms with Crippen molar-refractivity contribution in [3.63, 3.8) is 0 Å². The average Bonchev–Trinajstić information content (AvgIpc) is 2.44. The minimum atomic E-state index is -3.87. The minimum Gasteiger partial charge on any atom is -0.478 e. The number of aromatic carboxylic acids is 1. The lowest BCUT2D eigenvalue weighted by Crippen LogP contribution is -2.30. The molecule has 0 fully saturated rings. The summed E-state index contributed by atoms with van der Waals surface area (Å²) in [6.07, 6.45) is -0.0795. The molecule has 7 nitrogen and oxygen atoms in total. The second-order valence-electron chi connectivity index (χ2n) is 4.44. The van der Waals surface area contributed by atoms with Crippen molar-refractivity contribution in [3.8, 4) is 0 Å². The van der Waals surface area contributed by atoms with Crippen molar-refractivity contribution >= 4 is 22.0 Å². The Kier molecular flexibility index (Phi) is 5.45. The van der Waals surface area contributed by atoms with Gasteiger partial charge >= 0.3 is 11.9 Å². The molecule has 0 aliphatic carbocycles. The number of hydrogen-bond donors (Lipinski definition) is 1. The maximum Gasteiger partial charge on any atom is 0.335 e. The molecule has 0 amide bonds. The first-order valence-electron chi connectivity index (χ1n) is 6.07. The van der Waals surface area contributed by atoms with Crippen LogP contribution in [0.5, 0.6) is 0 Å². The zero-order valence-electron chi connectivity index (χ0n) is 12.0.